The molecule has 9 nitrogen and oxygen atoms in total. The number of rotatable bonds is 20. The monoisotopic (exact) mass is 883 g/mol. The molecule has 1 saturated heterocycles. The van der Waals surface area contributed by atoms with Crippen molar-refractivity contribution in [2.24, 2.45) is 29.6 Å². The minimum atomic E-state index is -1.03. The molecule has 2 aliphatic heterocycles. The van der Waals surface area contributed by atoms with E-state index >= 15 is 0 Å². The fourth-order valence-corrected chi connectivity index (χ4v) is 10.3. The number of aromatic amines is 1. The molecule has 3 aromatic rings. The van der Waals surface area contributed by atoms with Crippen LogP contribution in [0.3, 0.4) is 0 Å². The standard InChI is InChI=1S/C54H74N4O5.Mg/c1-12-38-34(7)41-28-43-36(9)40(24-25-47(59)63-27-26-33(6)22-18-16-14-15-17-21-32(5)23-19-20-31(3)4)51(57-43)49-50(54(61)62-11)53(60)48-37(10)44(58-52(48)49)30-46-39(13-2)35(8)42(56-46)29-45(38)55-41;/h12,26,28-32,36,40,50-51,56-57,60H,1,13-25,27H2,2-11H3;/q-2;+2/b33-26-,42-29-,43-28-,46-30-;/t32-,36-,40-,50+,51?;/m0./s1. The number of aromatic nitrogens is 3. The van der Waals surface area contributed by atoms with Crippen LogP contribution in [0.25, 0.3) is 35.6 Å². The molecule has 0 radical (unpaired) electrons. The number of unbranched alkanes of at least 4 members (excludes halogenated alkanes) is 4. The minimum Gasteiger partial charge on any atom is -0.657 e. The van der Waals surface area contributed by atoms with Gasteiger partial charge in [-0.3, -0.25) is 9.59 Å². The van der Waals surface area contributed by atoms with Crippen LogP contribution >= 0.6 is 0 Å². The Kier molecular flexibility index (Phi) is 18.1. The molecule has 10 heteroatoms. The number of aliphatic hydroxyl groups excluding tert-OH is 1. The first-order valence-electron chi connectivity index (χ1n) is 23.9. The van der Waals surface area contributed by atoms with E-state index in [0.717, 1.165) is 86.8 Å². The van der Waals surface area contributed by atoms with E-state index in [1.54, 1.807) is 0 Å². The fourth-order valence-electron chi connectivity index (χ4n) is 10.3. The molecular formula is C54H74MgN4O5. The van der Waals surface area contributed by atoms with E-state index in [2.05, 4.69) is 84.4 Å². The van der Waals surface area contributed by atoms with Crippen molar-refractivity contribution >= 4 is 70.6 Å². The van der Waals surface area contributed by atoms with Crippen molar-refractivity contribution in [3.05, 3.63) is 90.1 Å². The molecule has 1 fully saturated rings. The molecule has 1 unspecified atom stereocenters. The Morgan fingerprint density at radius 1 is 0.891 bits per heavy atom. The van der Waals surface area contributed by atoms with Crippen LogP contribution in [0, 0.1) is 50.4 Å². The van der Waals surface area contributed by atoms with Crippen LogP contribution < -0.4 is 36.6 Å². The Hall–Kier alpha value is -4.15. The summed E-state index contributed by atoms with van der Waals surface area (Å²) in [4.78, 5) is 41.0. The van der Waals surface area contributed by atoms with Gasteiger partial charge in [-0.1, -0.05) is 134 Å². The number of esters is 2. The van der Waals surface area contributed by atoms with Crippen LogP contribution in [0.5, 0.6) is 0 Å². The quantitative estimate of drug-likeness (QED) is 0.0451. The van der Waals surface area contributed by atoms with Crippen molar-refractivity contribution in [3.8, 4) is 0 Å². The normalized spacial score (nSPS) is 21.3. The number of ether oxygens (including phenoxy) is 2. The zero-order chi connectivity index (χ0) is 45.5. The molecule has 64 heavy (non-hydrogen) atoms. The first kappa shape index (κ1) is 50.8. The molecule has 6 rings (SSSR count). The third-order valence-corrected chi connectivity index (χ3v) is 14.3. The van der Waals surface area contributed by atoms with Gasteiger partial charge in [0.05, 0.1) is 13.2 Å². The van der Waals surface area contributed by atoms with Crippen molar-refractivity contribution in [1.82, 2.24) is 20.3 Å². The van der Waals surface area contributed by atoms with Crippen LogP contribution in [-0.4, -0.2) is 64.8 Å². The van der Waals surface area contributed by atoms with Gasteiger partial charge in [-0.05, 0) is 99.5 Å². The van der Waals surface area contributed by atoms with Gasteiger partial charge >= 0.3 is 35.0 Å². The maximum atomic E-state index is 13.6. The molecule has 0 spiro atoms. The molecule has 5 atom stereocenters. The smallest absolute Gasteiger partial charge is 0.657 e. The van der Waals surface area contributed by atoms with Crippen LogP contribution in [0.2, 0.25) is 0 Å². The maximum absolute atomic E-state index is 13.6. The van der Waals surface area contributed by atoms with Gasteiger partial charge in [-0.2, -0.15) is 0 Å². The summed E-state index contributed by atoms with van der Waals surface area (Å²) >= 11 is 0. The van der Waals surface area contributed by atoms with Gasteiger partial charge in [0.25, 0.3) is 0 Å². The van der Waals surface area contributed by atoms with Crippen LogP contribution in [0.4, 0.5) is 0 Å². The number of carbonyl (C=O) groups excluding carboxylic acids is 2. The molecule has 3 aromatic heterocycles. The minimum absolute atomic E-state index is 0. The van der Waals surface area contributed by atoms with Crippen LogP contribution in [-0.2, 0) is 25.5 Å². The van der Waals surface area contributed by atoms with Gasteiger partial charge < -0.3 is 34.8 Å². The molecule has 0 amide bonds. The largest absolute Gasteiger partial charge is 2.00 e. The van der Waals surface area contributed by atoms with Crippen molar-refractivity contribution in [3.63, 3.8) is 0 Å². The van der Waals surface area contributed by atoms with Crippen molar-refractivity contribution in [2.45, 2.75) is 152 Å². The summed E-state index contributed by atoms with van der Waals surface area (Å²) in [6, 6.07) is -0.437. The second-order valence-electron chi connectivity index (χ2n) is 19.1. The van der Waals surface area contributed by atoms with E-state index in [9.17, 15) is 14.7 Å². The van der Waals surface area contributed by atoms with Gasteiger partial charge in [0.1, 0.15) is 18.3 Å². The summed E-state index contributed by atoms with van der Waals surface area (Å²) in [7, 11) is 1.35. The molecule has 5 heterocycles. The number of H-pyrrole nitrogens is 1. The van der Waals surface area contributed by atoms with E-state index in [0.29, 0.717) is 22.6 Å². The average Bonchev–Trinajstić information content (AvgIpc) is 3.99. The van der Waals surface area contributed by atoms with Gasteiger partial charge in [-0.15, -0.1) is 22.4 Å². The number of nitrogens with zero attached hydrogens (tertiary/aromatic N) is 2. The molecule has 342 valence electrons. The number of nitrogens with one attached hydrogen (secondary N) is 2. The van der Waals surface area contributed by atoms with E-state index in [-0.39, 0.29) is 59.6 Å². The first-order chi connectivity index (χ1) is 30.2. The molecule has 3 N–H and O–H groups in total. The average molecular weight is 884 g/mol. The second-order valence-corrected chi connectivity index (χ2v) is 19.1. The number of hydrogen-bond acceptors (Lipinski definition) is 6. The van der Waals surface area contributed by atoms with Gasteiger partial charge in [0.2, 0.25) is 0 Å². The molecule has 8 bridgehead atoms. The summed E-state index contributed by atoms with van der Waals surface area (Å²) in [5.41, 5.74) is 10.3. The SMILES string of the molecule is C=Cc1c2[n-]c(c1C)/C=C1\NC(C3=c4[n-]c(c(C)c4=C(O)[C@@H]3C(=O)OC)/C=c3\[nH]/c(c(C)c3CC)=C\2)[C@@H](CCC(=O)OC/C=C(/C)CCCCCCC[C@H](C)CCCC(C)C)[C@@H]1C.[Mg+2]. The van der Waals surface area contributed by atoms with Gasteiger partial charge in [0.15, 0.2) is 0 Å². The summed E-state index contributed by atoms with van der Waals surface area (Å²) in [6.07, 6.45) is 24.4. The molecule has 0 aromatic carbocycles. The van der Waals surface area contributed by atoms with Crippen LogP contribution in [0.15, 0.2) is 23.9 Å². The Labute approximate surface area is 398 Å². The zero-order valence-electron chi connectivity index (χ0n) is 40.6. The van der Waals surface area contributed by atoms with E-state index < -0.39 is 17.9 Å². The third kappa shape index (κ3) is 11.3. The van der Waals surface area contributed by atoms with Gasteiger partial charge in [-0.25, -0.2) is 0 Å². The number of hydrogen-bond donors (Lipinski definition) is 3. The van der Waals surface area contributed by atoms with E-state index in [1.807, 2.05) is 25.2 Å². The summed E-state index contributed by atoms with van der Waals surface area (Å²) in [5, 5.41) is 18.8. The van der Waals surface area contributed by atoms with Crippen molar-refractivity contribution < 1.29 is 24.2 Å². The number of aliphatic hydroxyl groups is 1. The Morgan fingerprint density at radius 2 is 1.58 bits per heavy atom. The van der Waals surface area contributed by atoms with Crippen molar-refractivity contribution in [1.29, 1.82) is 0 Å². The summed E-state index contributed by atoms with van der Waals surface area (Å²) in [5.74, 6) is -0.456. The van der Waals surface area contributed by atoms with E-state index in [1.165, 1.54) is 69.6 Å². The maximum Gasteiger partial charge on any atom is 2.00 e. The number of allylic oxidation sites excluding steroid dienone is 2. The molecular weight excluding hydrogens is 809 g/mol. The number of fused-ring (bicyclic) bond motifs is 8. The van der Waals surface area contributed by atoms with Crippen molar-refractivity contribution in [2.75, 3.05) is 13.7 Å². The Morgan fingerprint density at radius 3 is 2.28 bits per heavy atom. The zero-order valence-corrected chi connectivity index (χ0v) is 42.1. The fraction of sp³-hybridized carbons (Fsp3) is 0.556. The van der Waals surface area contributed by atoms with Crippen LogP contribution in [0.1, 0.15) is 163 Å². The molecule has 3 aliphatic rings. The topological polar surface area (TPSA) is 129 Å². The molecule has 0 saturated carbocycles. The second kappa shape index (κ2) is 22.8. The number of methoxy groups -OCH3 is 1. The van der Waals surface area contributed by atoms with E-state index in [4.69, 9.17) is 19.4 Å². The third-order valence-electron chi connectivity index (χ3n) is 14.3. The summed E-state index contributed by atoms with van der Waals surface area (Å²) in [6.45, 7) is 24.0. The van der Waals surface area contributed by atoms with Gasteiger partial charge in [0, 0.05) is 34.0 Å². The first-order valence-corrected chi connectivity index (χ1v) is 23.9. The Bertz CT molecular complexity index is 2480. The predicted octanol–water partition coefficient (Wildman–Crippen LogP) is 8.00. The summed E-state index contributed by atoms with van der Waals surface area (Å²) < 4.78 is 11.1. The Balaban J connectivity index is 0.00000771. The molecule has 1 aliphatic carbocycles. The predicted molar refractivity (Wildman–Crippen MR) is 262 cm³/mol. The number of carbonyl (C=O) groups is 2.